The summed E-state index contributed by atoms with van der Waals surface area (Å²) in [6.45, 7) is 5.25. The van der Waals surface area contributed by atoms with Crippen LogP contribution in [0.5, 0.6) is 5.75 Å². The fraction of sp³-hybridized carbons (Fsp3) is 0.190. The molecule has 30 heavy (non-hydrogen) atoms. The molecule has 0 aliphatic rings. The summed E-state index contributed by atoms with van der Waals surface area (Å²) in [5, 5.41) is 15.7. The van der Waals surface area contributed by atoms with Crippen LogP contribution in [-0.4, -0.2) is 35.2 Å². The van der Waals surface area contributed by atoms with Crippen molar-refractivity contribution >= 4 is 33.1 Å². The van der Waals surface area contributed by atoms with Crippen LogP contribution in [0, 0.1) is 13.8 Å². The summed E-state index contributed by atoms with van der Waals surface area (Å²) < 4.78 is 24.1. The maximum absolute atomic E-state index is 12.7. The highest BCUT2D eigenvalue weighted by atomic mass is 32.2. The zero-order chi connectivity index (χ0) is 21.9. The van der Waals surface area contributed by atoms with Crippen molar-refractivity contribution in [2.75, 3.05) is 16.4 Å². The Morgan fingerprint density at radius 2 is 1.73 bits per heavy atom. The molecule has 3 N–H and O–H groups in total. The summed E-state index contributed by atoms with van der Waals surface area (Å²) >= 11 is 0. The second-order valence-corrected chi connectivity index (χ2v) is 8.99. The van der Waals surface area contributed by atoms with Crippen LogP contribution in [0.15, 0.2) is 53.4 Å². The molecule has 2 aromatic carbocycles. The first-order chi connectivity index (χ1) is 14.2. The molecule has 0 aliphatic carbocycles. The molecule has 9 heteroatoms. The molecule has 8 nitrogen and oxygen atoms in total. The number of sulfone groups is 1. The molecule has 3 aromatic rings. The lowest BCUT2D eigenvalue weighted by Crippen LogP contribution is -2.13. The van der Waals surface area contributed by atoms with Crippen molar-refractivity contribution in [2.45, 2.75) is 25.7 Å². The molecule has 1 heterocycles. The highest BCUT2D eigenvalue weighted by Crippen LogP contribution is 2.27. The van der Waals surface area contributed by atoms with Crippen molar-refractivity contribution in [1.29, 1.82) is 0 Å². The number of aryl methyl sites for hydroxylation is 2. The standard InChI is InChI=1S/C21H22N4O4S/c1-4-30(28,29)17-8-9-19(26)18(12-17)25-20(27)15-6-5-7-16(11-15)24-21-22-13(2)10-14(3)23-21/h5-12,26H,4H2,1-3H3,(H,25,27)(H,22,23,24). The van der Waals surface area contributed by atoms with Crippen LogP contribution >= 0.6 is 0 Å². The van der Waals surface area contributed by atoms with E-state index in [2.05, 4.69) is 20.6 Å². The Hall–Kier alpha value is -3.46. The largest absolute Gasteiger partial charge is 0.506 e. The maximum Gasteiger partial charge on any atom is 0.255 e. The first-order valence-corrected chi connectivity index (χ1v) is 10.9. The molecule has 0 saturated carbocycles. The van der Waals surface area contributed by atoms with Crippen LogP contribution in [0.1, 0.15) is 28.7 Å². The van der Waals surface area contributed by atoms with Crippen LogP contribution < -0.4 is 10.6 Å². The third-order valence-electron chi connectivity index (χ3n) is 4.32. The number of nitrogens with one attached hydrogen (secondary N) is 2. The lowest BCUT2D eigenvalue weighted by atomic mass is 10.1. The van der Waals surface area contributed by atoms with Gasteiger partial charge in [-0.15, -0.1) is 0 Å². The zero-order valence-electron chi connectivity index (χ0n) is 16.8. The number of phenols is 1. The van der Waals surface area contributed by atoms with Gasteiger partial charge in [-0.2, -0.15) is 0 Å². The van der Waals surface area contributed by atoms with Gasteiger partial charge in [0, 0.05) is 22.6 Å². The third kappa shape index (κ3) is 4.93. The molecular weight excluding hydrogens is 404 g/mol. The number of carbonyl (C=O) groups excluding carboxylic acids is 1. The minimum absolute atomic E-state index is 0.0190. The summed E-state index contributed by atoms with van der Waals surface area (Å²) in [6, 6.07) is 12.3. The van der Waals surface area contributed by atoms with Gasteiger partial charge in [0.05, 0.1) is 16.3 Å². The zero-order valence-corrected chi connectivity index (χ0v) is 17.6. The molecule has 3 rings (SSSR count). The van der Waals surface area contributed by atoms with Crippen LogP contribution in [0.4, 0.5) is 17.3 Å². The highest BCUT2D eigenvalue weighted by Gasteiger charge is 2.16. The second kappa shape index (κ2) is 8.50. The fourth-order valence-electron chi connectivity index (χ4n) is 2.82. The van der Waals surface area contributed by atoms with Crippen LogP contribution in [0.3, 0.4) is 0 Å². The number of rotatable bonds is 6. The number of aromatic nitrogens is 2. The van der Waals surface area contributed by atoms with Crippen molar-refractivity contribution in [3.8, 4) is 5.75 Å². The van der Waals surface area contributed by atoms with Gasteiger partial charge < -0.3 is 15.7 Å². The number of phenolic OH excluding ortho intramolecular Hbond substituents is 1. The van der Waals surface area contributed by atoms with E-state index in [1.54, 1.807) is 24.3 Å². The Morgan fingerprint density at radius 1 is 1.03 bits per heavy atom. The van der Waals surface area contributed by atoms with E-state index in [4.69, 9.17) is 0 Å². The lowest BCUT2D eigenvalue weighted by Gasteiger charge is -2.11. The molecule has 1 amide bonds. The number of hydrogen-bond donors (Lipinski definition) is 3. The highest BCUT2D eigenvalue weighted by molar-refractivity contribution is 7.91. The normalized spacial score (nSPS) is 11.2. The van der Waals surface area contributed by atoms with Gasteiger partial charge in [-0.05, 0) is 56.3 Å². The number of amides is 1. The molecule has 0 spiro atoms. The molecule has 0 atom stereocenters. The minimum Gasteiger partial charge on any atom is -0.506 e. The quantitative estimate of drug-likeness (QED) is 0.515. The van der Waals surface area contributed by atoms with Crippen molar-refractivity contribution in [3.05, 3.63) is 65.5 Å². The van der Waals surface area contributed by atoms with Gasteiger partial charge in [-0.25, -0.2) is 18.4 Å². The van der Waals surface area contributed by atoms with Gasteiger partial charge in [-0.3, -0.25) is 4.79 Å². The summed E-state index contributed by atoms with van der Waals surface area (Å²) in [7, 11) is -3.47. The Kier molecular flexibility index (Phi) is 6.02. The summed E-state index contributed by atoms with van der Waals surface area (Å²) in [5.41, 5.74) is 2.57. The van der Waals surface area contributed by atoms with Crippen molar-refractivity contribution < 1.29 is 18.3 Å². The van der Waals surface area contributed by atoms with E-state index in [-0.39, 0.29) is 22.1 Å². The van der Waals surface area contributed by atoms with Gasteiger partial charge in [0.1, 0.15) is 5.75 Å². The Balaban J connectivity index is 1.83. The van der Waals surface area contributed by atoms with Crippen LogP contribution in [-0.2, 0) is 9.84 Å². The van der Waals surface area contributed by atoms with E-state index in [0.29, 0.717) is 17.2 Å². The van der Waals surface area contributed by atoms with E-state index in [9.17, 15) is 18.3 Å². The number of nitrogens with zero attached hydrogens (tertiary/aromatic N) is 2. The lowest BCUT2D eigenvalue weighted by molar-refractivity contribution is 0.102. The van der Waals surface area contributed by atoms with Gasteiger partial charge in [0.15, 0.2) is 9.84 Å². The molecule has 0 saturated heterocycles. The topological polar surface area (TPSA) is 121 Å². The van der Waals surface area contributed by atoms with Crippen LogP contribution in [0.25, 0.3) is 0 Å². The monoisotopic (exact) mass is 426 g/mol. The molecule has 156 valence electrons. The molecular formula is C21H22N4O4S. The number of anilines is 3. The average Bonchev–Trinajstić information content (AvgIpc) is 2.69. The van der Waals surface area contributed by atoms with E-state index in [1.165, 1.54) is 25.1 Å². The van der Waals surface area contributed by atoms with Gasteiger partial charge in [0.2, 0.25) is 5.95 Å². The maximum atomic E-state index is 12.7. The summed E-state index contributed by atoms with van der Waals surface area (Å²) in [6.07, 6.45) is 0. The van der Waals surface area contributed by atoms with Gasteiger partial charge in [0.25, 0.3) is 5.91 Å². The second-order valence-electron chi connectivity index (χ2n) is 6.72. The number of benzene rings is 2. The number of aromatic hydroxyl groups is 1. The predicted octanol–water partition coefficient (Wildman–Crippen LogP) is 3.59. The average molecular weight is 426 g/mol. The summed E-state index contributed by atoms with van der Waals surface area (Å²) in [5.74, 6) is -0.392. The van der Waals surface area contributed by atoms with E-state index < -0.39 is 15.7 Å². The molecule has 1 aromatic heterocycles. The smallest absolute Gasteiger partial charge is 0.255 e. The minimum atomic E-state index is -3.47. The van der Waals surface area contributed by atoms with Gasteiger partial charge >= 0.3 is 0 Å². The molecule has 0 unspecified atom stereocenters. The van der Waals surface area contributed by atoms with Gasteiger partial charge in [-0.1, -0.05) is 13.0 Å². The van der Waals surface area contributed by atoms with Crippen molar-refractivity contribution in [2.24, 2.45) is 0 Å². The molecule has 0 radical (unpaired) electrons. The van der Waals surface area contributed by atoms with Crippen molar-refractivity contribution in [3.63, 3.8) is 0 Å². The first kappa shape index (κ1) is 21.3. The van der Waals surface area contributed by atoms with E-state index in [1.807, 2.05) is 19.9 Å². The van der Waals surface area contributed by atoms with Crippen LogP contribution in [0.2, 0.25) is 0 Å². The molecule has 0 aliphatic heterocycles. The number of hydrogen-bond acceptors (Lipinski definition) is 7. The summed E-state index contributed by atoms with van der Waals surface area (Å²) in [4.78, 5) is 21.3. The fourth-order valence-corrected chi connectivity index (χ4v) is 3.73. The molecule has 0 bridgehead atoms. The SMILES string of the molecule is CCS(=O)(=O)c1ccc(O)c(NC(=O)c2cccc(Nc3nc(C)cc(C)n3)c2)c1. The Labute approximate surface area is 174 Å². The number of carbonyl (C=O) groups is 1. The predicted molar refractivity (Wildman–Crippen MR) is 115 cm³/mol. The van der Waals surface area contributed by atoms with E-state index >= 15 is 0 Å². The third-order valence-corrected chi connectivity index (χ3v) is 6.05. The van der Waals surface area contributed by atoms with Crippen molar-refractivity contribution in [1.82, 2.24) is 9.97 Å². The first-order valence-electron chi connectivity index (χ1n) is 9.24. The van der Waals surface area contributed by atoms with E-state index in [0.717, 1.165) is 11.4 Å². The Morgan fingerprint density at radius 3 is 2.40 bits per heavy atom. The molecule has 0 fully saturated rings. The Bertz CT molecular complexity index is 1190.